The predicted octanol–water partition coefficient (Wildman–Crippen LogP) is 1.36. The lowest BCUT2D eigenvalue weighted by molar-refractivity contribution is 0.413. The number of nitrogens with zero attached hydrogens (tertiary/aromatic N) is 2. The van der Waals surface area contributed by atoms with Gasteiger partial charge in [-0.3, -0.25) is 4.79 Å². The van der Waals surface area contributed by atoms with Gasteiger partial charge in [-0.2, -0.15) is 5.26 Å². The molecule has 0 saturated carbocycles. The minimum atomic E-state index is -0.191. The summed E-state index contributed by atoms with van der Waals surface area (Å²) in [4.78, 5) is 11.2. The summed E-state index contributed by atoms with van der Waals surface area (Å²) >= 11 is 0. The molecule has 0 amide bonds. The van der Waals surface area contributed by atoms with Crippen molar-refractivity contribution in [3.8, 4) is 11.8 Å². The second-order valence-electron chi connectivity index (χ2n) is 4.08. The predicted molar refractivity (Wildman–Crippen MR) is 71.9 cm³/mol. The molecule has 2 N–H and O–H groups in total. The fraction of sp³-hybridized carbons (Fsp3) is 0.143. The summed E-state index contributed by atoms with van der Waals surface area (Å²) in [6, 6.07) is 8.88. The maximum atomic E-state index is 11.2. The molecular formula is C14H13N3O2. The van der Waals surface area contributed by atoms with Gasteiger partial charge in [-0.05, 0) is 17.7 Å². The molecule has 0 aliphatic rings. The number of rotatable bonds is 3. The van der Waals surface area contributed by atoms with Gasteiger partial charge in [0.25, 0.3) is 0 Å². The molecule has 0 radical (unpaired) electrons. The van der Waals surface area contributed by atoms with Crippen molar-refractivity contribution in [2.45, 2.75) is 6.54 Å². The van der Waals surface area contributed by atoms with Crippen molar-refractivity contribution in [2.75, 3.05) is 12.8 Å². The number of nitrogens with two attached hydrogens (primary N) is 1. The highest BCUT2D eigenvalue weighted by atomic mass is 16.5. The highest BCUT2D eigenvalue weighted by molar-refractivity contribution is 5.45. The van der Waals surface area contributed by atoms with E-state index in [-0.39, 0.29) is 11.1 Å². The normalized spacial score (nSPS) is 9.89. The number of hydrogen-bond acceptors (Lipinski definition) is 4. The third kappa shape index (κ3) is 2.75. The zero-order chi connectivity index (χ0) is 13.8. The summed E-state index contributed by atoms with van der Waals surface area (Å²) in [5.74, 6) is 0.547. The van der Waals surface area contributed by atoms with Crippen LogP contribution in [0.5, 0.6) is 5.75 Å². The van der Waals surface area contributed by atoms with Gasteiger partial charge in [-0.1, -0.05) is 6.07 Å². The highest BCUT2D eigenvalue weighted by Crippen LogP contribution is 2.19. The standard InChI is InChI=1S/C14H13N3O2/c1-19-14-3-2-10(6-11(14)7-15)8-17-5-4-13(18)12(16)9-17/h2-6,9H,8,16H2,1H3. The molecule has 0 bridgehead atoms. The molecule has 0 aliphatic carbocycles. The third-order valence-electron chi connectivity index (χ3n) is 2.76. The van der Waals surface area contributed by atoms with Gasteiger partial charge in [-0.25, -0.2) is 0 Å². The van der Waals surface area contributed by atoms with E-state index in [2.05, 4.69) is 6.07 Å². The number of ether oxygens (including phenoxy) is 1. The molecule has 0 aliphatic heterocycles. The van der Waals surface area contributed by atoms with E-state index in [4.69, 9.17) is 15.7 Å². The van der Waals surface area contributed by atoms with Crippen molar-refractivity contribution in [3.63, 3.8) is 0 Å². The Hall–Kier alpha value is -2.74. The van der Waals surface area contributed by atoms with Crippen LogP contribution in [0.1, 0.15) is 11.1 Å². The number of nitrogen functional groups attached to an aromatic ring is 1. The largest absolute Gasteiger partial charge is 0.495 e. The molecule has 0 spiro atoms. The van der Waals surface area contributed by atoms with E-state index in [1.165, 1.54) is 13.2 Å². The SMILES string of the molecule is COc1ccc(Cn2ccc(=O)c(N)c2)cc1C#N. The van der Waals surface area contributed by atoms with E-state index < -0.39 is 0 Å². The van der Waals surface area contributed by atoms with Crippen LogP contribution in [0, 0.1) is 11.3 Å². The maximum absolute atomic E-state index is 11.2. The molecule has 5 heteroatoms. The zero-order valence-corrected chi connectivity index (χ0v) is 10.5. The smallest absolute Gasteiger partial charge is 0.204 e. The van der Waals surface area contributed by atoms with E-state index in [9.17, 15) is 4.79 Å². The first-order valence-electron chi connectivity index (χ1n) is 5.66. The monoisotopic (exact) mass is 255 g/mol. The third-order valence-corrected chi connectivity index (χ3v) is 2.76. The Morgan fingerprint density at radius 1 is 1.42 bits per heavy atom. The molecule has 0 saturated heterocycles. The van der Waals surface area contributed by atoms with Crippen LogP contribution in [0.4, 0.5) is 5.69 Å². The van der Waals surface area contributed by atoms with E-state index >= 15 is 0 Å². The van der Waals surface area contributed by atoms with Crippen molar-refractivity contribution in [2.24, 2.45) is 0 Å². The van der Waals surface area contributed by atoms with Gasteiger partial charge in [0.2, 0.25) is 5.43 Å². The number of anilines is 1. The zero-order valence-electron chi connectivity index (χ0n) is 10.5. The first-order chi connectivity index (χ1) is 9.13. The number of hydrogen-bond donors (Lipinski definition) is 1. The van der Waals surface area contributed by atoms with Crippen LogP contribution in [0.15, 0.2) is 41.5 Å². The van der Waals surface area contributed by atoms with E-state index in [0.717, 1.165) is 5.56 Å². The van der Waals surface area contributed by atoms with E-state index in [1.807, 2.05) is 6.07 Å². The summed E-state index contributed by atoms with van der Waals surface area (Å²) in [6.07, 6.45) is 3.24. The second-order valence-corrected chi connectivity index (χ2v) is 4.08. The molecule has 0 fully saturated rings. The van der Waals surface area contributed by atoms with E-state index in [0.29, 0.717) is 17.9 Å². The molecule has 1 aromatic carbocycles. The lowest BCUT2D eigenvalue weighted by Crippen LogP contribution is -2.11. The molecule has 96 valence electrons. The Labute approximate surface area is 110 Å². The number of methoxy groups -OCH3 is 1. The number of benzene rings is 1. The van der Waals surface area contributed by atoms with Crippen molar-refractivity contribution in [1.82, 2.24) is 4.57 Å². The molecule has 2 aromatic rings. The summed E-state index contributed by atoms with van der Waals surface area (Å²) in [5, 5.41) is 9.02. The molecule has 1 aromatic heterocycles. The number of aromatic nitrogens is 1. The molecular weight excluding hydrogens is 242 g/mol. The Morgan fingerprint density at radius 3 is 2.84 bits per heavy atom. The first kappa shape index (κ1) is 12.7. The fourth-order valence-corrected chi connectivity index (χ4v) is 1.79. The minimum Gasteiger partial charge on any atom is -0.495 e. The quantitative estimate of drug-likeness (QED) is 0.897. The van der Waals surface area contributed by atoms with Gasteiger partial charge in [0.1, 0.15) is 11.8 Å². The maximum Gasteiger partial charge on any atom is 0.204 e. The average Bonchev–Trinajstić information content (AvgIpc) is 2.43. The van der Waals surface area contributed by atoms with E-state index in [1.54, 1.807) is 29.1 Å². The lowest BCUT2D eigenvalue weighted by atomic mass is 10.1. The van der Waals surface area contributed by atoms with Crippen molar-refractivity contribution in [3.05, 3.63) is 58.0 Å². The van der Waals surface area contributed by atoms with Gasteiger partial charge in [0, 0.05) is 25.0 Å². The van der Waals surface area contributed by atoms with Crippen LogP contribution >= 0.6 is 0 Å². The molecule has 19 heavy (non-hydrogen) atoms. The Kier molecular flexibility index (Phi) is 3.53. The molecule has 2 rings (SSSR count). The van der Waals surface area contributed by atoms with Gasteiger partial charge < -0.3 is 15.0 Å². The van der Waals surface area contributed by atoms with Gasteiger partial charge in [-0.15, -0.1) is 0 Å². The fourth-order valence-electron chi connectivity index (χ4n) is 1.79. The van der Waals surface area contributed by atoms with Gasteiger partial charge in [0.05, 0.1) is 18.4 Å². The van der Waals surface area contributed by atoms with Crippen LogP contribution in [-0.2, 0) is 6.54 Å². The van der Waals surface area contributed by atoms with Crippen LogP contribution < -0.4 is 15.9 Å². The number of nitriles is 1. The summed E-state index contributed by atoms with van der Waals surface area (Å²) in [6.45, 7) is 0.531. The molecule has 1 heterocycles. The van der Waals surface area contributed by atoms with Gasteiger partial charge in [0.15, 0.2) is 0 Å². The van der Waals surface area contributed by atoms with Crippen LogP contribution in [0.25, 0.3) is 0 Å². The first-order valence-corrected chi connectivity index (χ1v) is 5.66. The Balaban J connectivity index is 2.31. The summed E-state index contributed by atoms with van der Waals surface area (Å²) in [7, 11) is 1.53. The molecule has 0 unspecified atom stereocenters. The van der Waals surface area contributed by atoms with Crippen molar-refractivity contribution < 1.29 is 4.74 Å². The lowest BCUT2D eigenvalue weighted by Gasteiger charge is -2.09. The highest BCUT2D eigenvalue weighted by Gasteiger charge is 2.04. The summed E-state index contributed by atoms with van der Waals surface area (Å²) in [5.41, 5.74) is 7.00. The van der Waals surface area contributed by atoms with Crippen LogP contribution in [-0.4, -0.2) is 11.7 Å². The summed E-state index contributed by atoms with van der Waals surface area (Å²) < 4.78 is 6.88. The Bertz CT molecular complexity index is 699. The van der Waals surface area contributed by atoms with Gasteiger partial charge >= 0.3 is 0 Å². The minimum absolute atomic E-state index is 0.191. The van der Waals surface area contributed by atoms with Crippen molar-refractivity contribution in [1.29, 1.82) is 5.26 Å². The molecule has 5 nitrogen and oxygen atoms in total. The number of pyridine rings is 1. The topological polar surface area (TPSA) is 81.0 Å². The Morgan fingerprint density at radius 2 is 2.21 bits per heavy atom. The average molecular weight is 255 g/mol. The van der Waals surface area contributed by atoms with Crippen LogP contribution in [0.2, 0.25) is 0 Å². The van der Waals surface area contributed by atoms with Crippen LogP contribution in [0.3, 0.4) is 0 Å². The second kappa shape index (κ2) is 5.27. The van der Waals surface area contributed by atoms with Crippen molar-refractivity contribution >= 4 is 5.69 Å². The molecule has 0 atom stereocenters.